The lowest BCUT2D eigenvalue weighted by atomic mass is 10.2. The molecule has 0 aliphatic heterocycles. The van der Waals surface area contributed by atoms with Gasteiger partial charge in [0.2, 0.25) is 5.91 Å². The average molecular weight is 378 g/mol. The molecule has 0 spiro atoms. The van der Waals surface area contributed by atoms with Crippen LogP contribution in [-0.2, 0) is 17.5 Å². The molecule has 25 heavy (non-hydrogen) atoms. The fraction of sp³-hybridized carbons (Fsp3) is 0.533. The number of alkyl halides is 3. The molecule has 0 saturated heterocycles. The summed E-state index contributed by atoms with van der Waals surface area (Å²) in [6.07, 6.45) is -0.431. The molecule has 1 N–H and O–H groups in total. The van der Waals surface area contributed by atoms with Gasteiger partial charge in [0.25, 0.3) is 0 Å². The molecule has 2 aromatic rings. The summed E-state index contributed by atoms with van der Waals surface area (Å²) in [5.41, 5.74) is -0.480. The van der Waals surface area contributed by atoms with Gasteiger partial charge >= 0.3 is 6.18 Å². The Kier molecular flexibility index (Phi) is 6.10. The van der Waals surface area contributed by atoms with Crippen molar-refractivity contribution < 1.29 is 18.0 Å². The summed E-state index contributed by atoms with van der Waals surface area (Å²) < 4.78 is 40.6. The van der Waals surface area contributed by atoms with Crippen LogP contribution in [0.4, 0.5) is 13.2 Å². The van der Waals surface area contributed by atoms with Crippen LogP contribution in [0, 0.1) is 6.92 Å². The minimum Gasteiger partial charge on any atom is -0.354 e. The first-order valence-electron chi connectivity index (χ1n) is 7.81. The van der Waals surface area contributed by atoms with Gasteiger partial charge in [-0.05, 0) is 25.8 Å². The van der Waals surface area contributed by atoms with Crippen molar-refractivity contribution in [1.82, 2.24) is 24.9 Å². The SMILES string of the molecule is CCC(C(=O)NCCCn1nc(C(F)(F)F)cc1C)n1cc(Cl)cn1. The predicted molar refractivity (Wildman–Crippen MR) is 86.2 cm³/mol. The van der Waals surface area contributed by atoms with E-state index in [9.17, 15) is 18.0 Å². The number of rotatable bonds is 7. The van der Waals surface area contributed by atoms with E-state index in [0.29, 0.717) is 30.1 Å². The smallest absolute Gasteiger partial charge is 0.354 e. The van der Waals surface area contributed by atoms with Crippen molar-refractivity contribution in [3.63, 3.8) is 0 Å². The summed E-state index contributed by atoms with van der Waals surface area (Å²) in [5.74, 6) is -0.213. The topological polar surface area (TPSA) is 64.7 Å². The molecule has 1 amide bonds. The molecule has 1 unspecified atom stereocenters. The van der Waals surface area contributed by atoms with Crippen LogP contribution >= 0.6 is 11.6 Å². The van der Waals surface area contributed by atoms with Gasteiger partial charge in [0.05, 0.1) is 11.2 Å². The summed E-state index contributed by atoms with van der Waals surface area (Å²) in [4.78, 5) is 12.2. The van der Waals surface area contributed by atoms with Gasteiger partial charge in [-0.3, -0.25) is 14.2 Å². The van der Waals surface area contributed by atoms with Gasteiger partial charge in [-0.2, -0.15) is 23.4 Å². The number of aryl methyl sites for hydroxylation is 2. The second-order valence-electron chi connectivity index (χ2n) is 5.60. The average Bonchev–Trinajstić information content (AvgIpc) is 3.11. The normalized spacial score (nSPS) is 13.0. The lowest BCUT2D eigenvalue weighted by molar-refractivity contribution is -0.141. The number of hydrogen-bond acceptors (Lipinski definition) is 3. The molecular weight excluding hydrogens is 359 g/mol. The van der Waals surface area contributed by atoms with Crippen molar-refractivity contribution in [2.24, 2.45) is 0 Å². The third-order valence-electron chi connectivity index (χ3n) is 3.70. The van der Waals surface area contributed by atoms with Crippen LogP contribution in [0.1, 0.15) is 37.2 Å². The first-order chi connectivity index (χ1) is 11.7. The Morgan fingerprint density at radius 1 is 1.44 bits per heavy atom. The number of aromatic nitrogens is 4. The largest absolute Gasteiger partial charge is 0.435 e. The summed E-state index contributed by atoms with van der Waals surface area (Å²) >= 11 is 5.80. The summed E-state index contributed by atoms with van der Waals surface area (Å²) in [6, 6.07) is 0.531. The second kappa shape index (κ2) is 7.90. The van der Waals surface area contributed by atoms with E-state index in [1.54, 1.807) is 13.1 Å². The van der Waals surface area contributed by atoms with Gasteiger partial charge in [0.15, 0.2) is 5.69 Å². The van der Waals surface area contributed by atoms with Crippen LogP contribution in [0.5, 0.6) is 0 Å². The Balaban J connectivity index is 1.84. The van der Waals surface area contributed by atoms with Gasteiger partial charge < -0.3 is 5.32 Å². The standard InChI is InChI=1S/C15H19ClF3N5O/c1-3-12(24-9-11(16)8-21-24)14(25)20-5-4-6-23-10(2)7-13(22-23)15(17,18)19/h7-9,12H,3-6H2,1-2H3,(H,20,25). The molecule has 0 aliphatic rings. The Bertz CT molecular complexity index is 725. The first-order valence-corrected chi connectivity index (χ1v) is 8.19. The van der Waals surface area contributed by atoms with Crippen LogP contribution < -0.4 is 5.32 Å². The number of carbonyl (C=O) groups excluding carboxylic acids is 1. The number of nitrogens with one attached hydrogen (secondary N) is 1. The van der Waals surface area contributed by atoms with Crippen LogP contribution in [-0.4, -0.2) is 32.0 Å². The molecule has 1 atom stereocenters. The lowest BCUT2D eigenvalue weighted by Gasteiger charge is -2.15. The van der Waals surface area contributed by atoms with Gasteiger partial charge in [-0.15, -0.1) is 0 Å². The molecular formula is C15H19ClF3N5O. The Hall–Kier alpha value is -2.03. The number of hydrogen-bond donors (Lipinski definition) is 1. The summed E-state index contributed by atoms with van der Waals surface area (Å²) in [6.45, 7) is 4.03. The van der Waals surface area contributed by atoms with Gasteiger partial charge in [-0.1, -0.05) is 18.5 Å². The lowest BCUT2D eigenvalue weighted by Crippen LogP contribution is -2.33. The molecule has 2 heterocycles. The van der Waals surface area contributed by atoms with Gasteiger partial charge in [0.1, 0.15) is 6.04 Å². The maximum Gasteiger partial charge on any atom is 0.435 e. The fourth-order valence-electron chi connectivity index (χ4n) is 2.41. The van der Waals surface area contributed by atoms with E-state index < -0.39 is 17.9 Å². The second-order valence-corrected chi connectivity index (χ2v) is 6.04. The highest BCUT2D eigenvalue weighted by Crippen LogP contribution is 2.28. The highest BCUT2D eigenvalue weighted by molar-refractivity contribution is 6.30. The van der Waals surface area contributed by atoms with E-state index in [-0.39, 0.29) is 12.5 Å². The van der Waals surface area contributed by atoms with Crippen molar-refractivity contribution in [3.05, 3.63) is 34.9 Å². The maximum atomic E-state index is 12.6. The quantitative estimate of drug-likeness (QED) is 0.753. The number of amides is 1. The zero-order chi connectivity index (χ0) is 18.6. The van der Waals surface area contributed by atoms with E-state index in [1.165, 1.54) is 15.6 Å². The Labute approximate surface area is 147 Å². The summed E-state index contributed by atoms with van der Waals surface area (Å²) in [5, 5.41) is 10.8. The molecule has 0 aliphatic carbocycles. The molecule has 10 heteroatoms. The van der Waals surface area contributed by atoms with Crippen LogP contribution in [0.25, 0.3) is 0 Å². The van der Waals surface area contributed by atoms with Crippen molar-refractivity contribution in [3.8, 4) is 0 Å². The molecule has 0 radical (unpaired) electrons. The van der Waals surface area contributed by atoms with Crippen LogP contribution in [0.2, 0.25) is 5.02 Å². The Morgan fingerprint density at radius 2 is 2.16 bits per heavy atom. The van der Waals surface area contributed by atoms with Crippen molar-refractivity contribution in [1.29, 1.82) is 0 Å². The maximum absolute atomic E-state index is 12.6. The van der Waals surface area contributed by atoms with Crippen molar-refractivity contribution >= 4 is 17.5 Å². The zero-order valence-corrected chi connectivity index (χ0v) is 14.6. The van der Waals surface area contributed by atoms with Gasteiger partial charge in [-0.25, -0.2) is 0 Å². The molecule has 0 aromatic carbocycles. The third-order valence-corrected chi connectivity index (χ3v) is 3.89. The van der Waals surface area contributed by atoms with Crippen LogP contribution in [0.15, 0.2) is 18.5 Å². The van der Waals surface area contributed by atoms with Crippen molar-refractivity contribution in [2.75, 3.05) is 6.54 Å². The minimum atomic E-state index is -4.45. The molecule has 2 aromatic heterocycles. The minimum absolute atomic E-state index is 0.213. The predicted octanol–water partition coefficient (Wildman–Crippen LogP) is 3.22. The van der Waals surface area contributed by atoms with E-state index >= 15 is 0 Å². The monoisotopic (exact) mass is 377 g/mol. The number of nitrogens with zero attached hydrogens (tertiary/aromatic N) is 4. The van der Waals surface area contributed by atoms with E-state index in [2.05, 4.69) is 15.5 Å². The highest BCUT2D eigenvalue weighted by Gasteiger charge is 2.34. The zero-order valence-electron chi connectivity index (χ0n) is 13.8. The van der Waals surface area contributed by atoms with Gasteiger partial charge in [0, 0.05) is 25.0 Å². The van der Waals surface area contributed by atoms with Crippen molar-refractivity contribution in [2.45, 2.75) is 45.5 Å². The molecule has 2 rings (SSSR count). The van der Waals surface area contributed by atoms with E-state index in [1.807, 2.05) is 6.92 Å². The fourth-order valence-corrected chi connectivity index (χ4v) is 2.55. The van der Waals surface area contributed by atoms with Crippen LogP contribution in [0.3, 0.4) is 0 Å². The first kappa shape index (κ1) is 19.3. The molecule has 0 bridgehead atoms. The van der Waals surface area contributed by atoms with E-state index in [4.69, 9.17) is 11.6 Å². The molecule has 6 nitrogen and oxygen atoms in total. The molecule has 0 fully saturated rings. The molecule has 138 valence electrons. The number of carbonyl (C=O) groups is 1. The van der Waals surface area contributed by atoms with E-state index in [0.717, 1.165) is 6.07 Å². The number of halogens is 4. The Morgan fingerprint density at radius 3 is 2.68 bits per heavy atom. The molecule has 0 saturated carbocycles. The third kappa shape index (κ3) is 4.97. The highest BCUT2D eigenvalue weighted by atomic mass is 35.5. The summed E-state index contributed by atoms with van der Waals surface area (Å²) in [7, 11) is 0.